The maximum absolute atomic E-state index is 13.5. The van der Waals surface area contributed by atoms with Crippen molar-refractivity contribution >= 4 is 21.9 Å². The van der Waals surface area contributed by atoms with Crippen LogP contribution in [0.2, 0.25) is 0 Å². The summed E-state index contributed by atoms with van der Waals surface area (Å²) in [5.41, 5.74) is 7.16. The van der Waals surface area contributed by atoms with Gasteiger partial charge in [-0.1, -0.05) is 51.3 Å². The molecule has 2 heterocycles. The van der Waals surface area contributed by atoms with Crippen LogP contribution in [0.3, 0.4) is 0 Å². The van der Waals surface area contributed by atoms with E-state index in [2.05, 4.69) is 0 Å². The van der Waals surface area contributed by atoms with E-state index in [0.717, 1.165) is 89.1 Å². The average molecular weight is 729 g/mol. The van der Waals surface area contributed by atoms with Crippen molar-refractivity contribution in [3.05, 3.63) is 144 Å². The molecule has 0 bridgehead atoms. The van der Waals surface area contributed by atoms with Crippen molar-refractivity contribution in [3.8, 4) is 56.4 Å². The highest BCUT2D eigenvalue weighted by molar-refractivity contribution is 6.06. The van der Waals surface area contributed by atoms with Crippen LogP contribution < -0.4 is 29.3 Å². The van der Waals surface area contributed by atoms with Crippen LogP contribution in [0.4, 0.5) is 8.78 Å². The van der Waals surface area contributed by atoms with Crippen molar-refractivity contribution in [1.82, 2.24) is 9.15 Å². The van der Waals surface area contributed by atoms with E-state index in [-0.39, 0.29) is 26.5 Å². The number of hydrogen-bond donors (Lipinski definition) is 0. The first-order valence-corrected chi connectivity index (χ1v) is 16.8. The molecular weight excluding hydrogens is 683 g/mol. The van der Waals surface area contributed by atoms with Gasteiger partial charge in [-0.2, -0.15) is 0 Å². The zero-order valence-corrected chi connectivity index (χ0v) is 29.8. The van der Waals surface area contributed by atoms with E-state index in [4.69, 9.17) is 18.3 Å². The van der Waals surface area contributed by atoms with Gasteiger partial charge in [-0.25, -0.2) is 17.9 Å². The molecule has 0 N–H and O–H groups in total. The van der Waals surface area contributed by atoms with Gasteiger partial charge in [0.05, 0.1) is 37.1 Å². The number of methoxy groups -OCH3 is 2. The summed E-state index contributed by atoms with van der Waals surface area (Å²) < 4.78 is 54.5. The third kappa shape index (κ3) is 7.33. The van der Waals surface area contributed by atoms with Gasteiger partial charge in [0.2, 0.25) is 10.7 Å². The second-order valence-corrected chi connectivity index (χ2v) is 12.8. The predicted molar refractivity (Wildman–Crippen MR) is 217 cm³/mol. The minimum Gasteiger partial charge on any atom is -0.496 e. The Balaban J connectivity index is 0.000000200. The van der Waals surface area contributed by atoms with Gasteiger partial charge in [0.1, 0.15) is 74.0 Å². The van der Waals surface area contributed by atoms with Crippen LogP contribution in [-0.2, 0) is 0 Å². The Morgan fingerprint density at radius 3 is 1.19 bits per heavy atom. The molecule has 0 amide bonds. The number of fused-ring (bicyclic) bond motifs is 4. The van der Waals surface area contributed by atoms with Gasteiger partial charge in [0.25, 0.3) is 0 Å². The zero-order chi connectivity index (χ0) is 36.5. The Bertz CT molecular complexity index is 2460. The first-order valence-electron chi connectivity index (χ1n) is 16.8. The summed E-state index contributed by atoms with van der Waals surface area (Å²) in [6.07, 6.45) is 0. The van der Waals surface area contributed by atoms with E-state index in [0.29, 0.717) is 0 Å². The number of ether oxygens (including phenoxy) is 2. The van der Waals surface area contributed by atoms with Crippen molar-refractivity contribution in [2.45, 2.75) is 14.9 Å². The highest BCUT2D eigenvalue weighted by Crippen LogP contribution is 2.44. The van der Waals surface area contributed by atoms with Gasteiger partial charge in [-0.15, -0.1) is 0 Å². The average Bonchev–Trinajstić information content (AvgIpc) is 3.16. The van der Waals surface area contributed by atoms with E-state index < -0.39 is 0 Å². The van der Waals surface area contributed by atoms with Gasteiger partial charge in [-0.3, -0.25) is 0 Å². The Labute approximate surface area is 314 Å². The first kappa shape index (κ1) is 38.9. The fourth-order valence-electron chi connectivity index (χ4n) is 6.52. The molecule has 276 valence electrons. The molecule has 0 saturated heterocycles. The number of rotatable bonds is 4. The molecule has 0 fully saturated rings. The topological polar surface area (TPSA) is 50.8 Å². The largest absolute Gasteiger partial charge is 0.496 e. The fraction of sp³-hybridized carbons (Fsp3) is 0.174. The van der Waals surface area contributed by atoms with Crippen molar-refractivity contribution in [2.24, 2.45) is 0 Å². The third-order valence-corrected chi connectivity index (χ3v) is 9.12. The second kappa shape index (κ2) is 16.2. The quantitative estimate of drug-likeness (QED) is 0.134. The van der Waals surface area contributed by atoms with Crippen LogP contribution in [0, 0.1) is 11.6 Å². The maximum Gasteiger partial charge on any atom is 0.203 e. The van der Waals surface area contributed by atoms with Crippen LogP contribution >= 0.6 is 0 Å². The summed E-state index contributed by atoms with van der Waals surface area (Å²) in [5.74, 6) is 2.48. The highest BCUT2D eigenvalue weighted by atomic mass is 19.1. The Hall–Kier alpha value is -6.28. The van der Waals surface area contributed by atoms with Crippen LogP contribution in [-0.4, -0.2) is 42.4 Å². The summed E-state index contributed by atoms with van der Waals surface area (Å²) in [4.78, 5) is 0. The van der Waals surface area contributed by atoms with Gasteiger partial charge < -0.3 is 18.3 Å². The molecule has 8 rings (SSSR count). The number of halogens is 2. The Kier molecular flexibility index (Phi) is 11.7. The lowest BCUT2D eigenvalue weighted by Gasteiger charge is -2.17. The maximum atomic E-state index is 13.5. The van der Waals surface area contributed by atoms with Crippen LogP contribution in [0.25, 0.3) is 66.8 Å². The fourth-order valence-corrected chi connectivity index (χ4v) is 6.52. The van der Waals surface area contributed by atoms with Crippen molar-refractivity contribution < 1.29 is 27.1 Å². The van der Waals surface area contributed by atoms with Crippen molar-refractivity contribution in [2.75, 3.05) is 42.4 Å². The second-order valence-electron chi connectivity index (χ2n) is 12.8. The van der Waals surface area contributed by atoms with Crippen molar-refractivity contribution in [1.29, 1.82) is 0 Å². The molecular formula is C46H46F2N2O4+2. The number of nitrogens with zero attached hydrogens (tertiary/aromatic N) is 2. The monoisotopic (exact) mass is 728 g/mol. The lowest BCUT2D eigenvalue weighted by molar-refractivity contribution is 0.419. The summed E-state index contributed by atoms with van der Waals surface area (Å²) in [7, 11) is 11.3. The summed E-state index contributed by atoms with van der Waals surface area (Å²) in [6.45, 7) is 0. The molecule has 0 aromatic heterocycles. The summed E-state index contributed by atoms with van der Waals surface area (Å²) in [5, 5.41) is 3.86. The Morgan fingerprint density at radius 1 is 0.481 bits per heavy atom. The molecule has 0 unspecified atom stereocenters. The standard InChI is InChI=1S/2C22H19FNO2.2CH4/c2*1-24(2)16-11-12-17-20(13-16)26-19-6-4-5-18(25-3)22(19)21(17)14-7-9-15(23)10-8-14;;/h2*4-13H,1-3H3;2*1H4/q2*+1;;. The van der Waals surface area contributed by atoms with Crippen molar-refractivity contribution in [3.63, 3.8) is 0 Å². The van der Waals surface area contributed by atoms with Gasteiger partial charge in [-0.05, 0) is 71.8 Å². The van der Waals surface area contributed by atoms with Gasteiger partial charge in [0, 0.05) is 34.4 Å². The molecule has 0 radical (unpaired) electrons. The zero-order valence-electron chi connectivity index (χ0n) is 29.8. The molecule has 0 saturated carbocycles. The molecule has 2 aliphatic heterocycles. The summed E-state index contributed by atoms with van der Waals surface area (Å²) in [6, 6.07) is 36.7. The molecule has 54 heavy (non-hydrogen) atoms. The van der Waals surface area contributed by atoms with Crippen LogP contribution in [0.15, 0.2) is 130 Å². The highest BCUT2D eigenvalue weighted by Gasteiger charge is 2.22. The molecule has 4 aromatic rings. The Morgan fingerprint density at radius 2 is 0.852 bits per heavy atom. The van der Waals surface area contributed by atoms with Crippen LogP contribution in [0.5, 0.6) is 11.5 Å². The molecule has 6 nitrogen and oxygen atoms in total. The molecule has 0 atom stereocenters. The normalized spacial score (nSPS) is 10.7. The minimum absolute atomic E-state index is 0. The smallest absolute Gasteiger partial charge is 0.203 e. The van der Waals surface area contributed by atoms with E-state index in [1.54, 1.807) is 38.5 Å². The van der Waals surface area contributed by atoms with Gasteiger partial charge in [0.15, 0.2) is 0 Å². The van der Waals surface area contributed by atoms with E-state index in [9.17, 15) is 8.78 Å². The molecule has 0 spiro atoms. The SMILES string of the molecule is C.C.COc1cccc2oc3cc(=[N+](C)C)ccc-3c(-c3ccc(F)cc3)c12.COc1cccc2oc3cc(=[N+](C)C)ccc-3c(-c3ccc(F)cc3)c12. The third-order valence-electron chi connectivity index (χ3n) is 9.12. The van der Waals surface area contributed by atoms with E-state index >= 15 is 0 Å². The molecule has 2 aliphatic carbocycles. The van der Waals surface area contributed by atoms with E-state index in [1.165, 1.54) is 24.3 Å². The molecule has 4 aliphatic rings. The molecule has 8 heteroatoms. The summed E-state index contributed by atoms with van der Waals surface area (Å²) >= 11 is 0. The van der Waals surface area contributed by atoms with E-state index in [1.807, 2.05) is 110 Å². The number of benzene rings is 6. The minimum atomic E-state index is -0.259. The lowest BCUT2D eigenvalue weighted by Crippen LogP contribution is -2.21. The first-order chi connectivity index (χ1) is 25.2. The van der Waals surface area contributed by atoms with Gasteiger partial charge >= 0.3 is 0 Å². The predicted octanol–water partition coefficient (Wildman–Crippen LogP) is 10.0. The van der Waals surface area contributed by atoms with Crippen LogP contribution in [0.1, 0.15) is 14.9 Å². The lowest BCUT2D eigenvalue weighted by atomic mass is 9.93. The number of hydrogen-bond acceptors (Lipinski definition) is 4. The molecule has 4 aromatic carbocycles.